The lowest BCUT2D eigenvalue weighted by Crippen LogP contribution is -2.42. The second kappa shape index (κ2) is 5.49. The summed E-state index contributed by atoms with van der Waals surface area (Å²) in [5.74, 6) is -0.853. The molecule has 0 aliphatic carbocycles. The van der Waals surface area contributed by atoms with Crippen LogP contribution in [0, 0.1) is 0 Å². The molecule has 5 heteroatoms. The van der Waals surface area contributed by atoms with Crippen molar-refractivity contribution in [2.75, 3.05) is 26.3 Å². The molecule has 1 aliphatic heterocycles. The van der Waals surface area contributed by atoms with Crippen molar-refractivity contribution >= 4 is 17.6 Å². The number of halogens is 1. The van der Waals surface area contributed by atoms with Gasteiger partial charge >= 0.3 is 5.97 Å². The zero-order chi connectivity index (χ0) is 12.3. The third kappa shape index (κ3) is 2.97. The van der Waals surface area contributed by atoms with Crippen LogP contribution in [0.4, 0.5) is 0 Å². The van der Waals surface area contributed by atoms with Crippen LogP contribution in [-0.2, 0) is 9.53 Å². The molecule has 0 spiro atoms. The molecule has 17 heavy (non-hydrogen) atoms. The van der Waals surface area contributed by atoms with Gasteiger partial charge in [-0.25, -0.2) is 0 Å². The molecule has 1 aromatic rings. The van der Waals surface area contributed by atoms with Gasteiger partial charge in [-0.1, -0.05) is 23.7 Å². The van der Waals surface area contributed by atoms with Gasteiger partial charge in [0.15, 0.2) is 0 Å². The summed E-state index contributed by atoms with van der Waals surface area (Å²) in [5, 5.41) is 9.90. The first-order valence-corrected chi connectivity index (χ1v) is 5.86. The van der Waals surface area contributed by atoms with Gasteiger partial charge in [0.2, 0.25) is 0 Å². The standard InChI is InChI=1S/C12H14ClNO3/c13-10-3-1-2-9(8-10)11(12(15)16)14-4-6-17-7-5-14/h1-3,8,11H,4-7H2,(H,15,16)/t11-/m1/s1. The van der Waals surface area contributed by atoms with Crippen molar-refractivity contribution in [1.82, 2.24) is 4.90 Å². The molecule has 0 saturated carbocycles. The van der Waals surface area contributed by atoms with E-state index in [0.29, 0.717) is 36.9 Å². The molecule has 0 aromatic heterocycles. The number of hydrogen-bond donors (Lipinski definition) is 1. The summed E-state index contributed by atoms with van der Waals surface area (Å²) < 4.78 is 5.23. The predicted molar refractivity (Wildman–Crippen MR) is 64.2 cm³/mol. The Kier molecular flexibility index (Phi) is 3.99. The predicted octanol–water partition coefficient (Wildman–Crippen LogP) is 1.80. The van der Waals surface area contributed by atoms with Crippen LogP contribution in [0.2, 0.25) is 5.02 Å². The SMILES string of the molecule is O=C(O)[C@@H](c1cccc(Cl)c1)N1CCOCC1. The van der Waals surface area contributed by atoms with Gasteiger partial charge in [0, 0.05) is 18.1 Å². The summed E-state index contributed by atoms with van der Waals surface area (Å²) in [5.41, 5.74) is 0.715. The third-order valence-corrected chi connectivity index (χ3v) is 3.04. The van der Waals surface area contributed by atoms with Crippen LogP contribution in [-0.4, -0.2) is 42.3 Å². The highest BCUT2D eigenvalue weighted by Crippen LogP contribution is 2.24. The van der Waals surface area contributed by atoms with Gasteiger partial charge in [0.05, 0.1) is 13.2 Å². The summed E-state index contributed by atoms with van der Waals surface area (Å²) in [6, 6.07) is 6.37. The highest BCUT2D eigenvalue weighted by atomic mass is 35.5. The number of hydrogen-bond acceptors (Lipinski definition) is 3. The first kappa shape index (κ1) is 12.4. The lowest BCUT2D eigenvalue weighted by molar-refractivity contribution is -0.145. The smallest absolute Gasteiger partial charge is 0.325 e. The zero-order valence-electron chi connectivity index (χ0n) is 9.30. The highest BCUT2D eigenvalue weighted by Gasteiger charge is 2.28. The number of morpholine rings is 1. The first-order chi connectivity index (χ1) is 8.18. The second-order valence-corrected chi connectivity index (χ2v) is 4.38. The molecule has 1 heterocycles. The molecule has 92 valence electrons. The van der Waals surface area contributed by atoms with Crippen LogP contribution >= 0.6 is 11.6 Å². The van der Waals surface area contributed by atoms with E-state index in [-0.39, 0.29) is 0 Å². The van der Waals surface area contributed by atoms with Crippen molar-refractivity contribution in [3.05, 3.63) is 34.9 Å². The third-order valence-electron chi connectivity index (χ3n) is 2.81. The van der Waals surface area contributed by atoms with Gasteiger partial charge < -0.3 is 9.84 Å². The number of nitrogens with zero attached hydrogens (tertiary/aromatic N) is 1. The molecule has 0 unspecified atom stereocenters. The van der Waals surface area contributed by atoms with Crippen molar-refractivity contribution in [2.24, 2.45) is 0 Å². The maximum Gasteiger partial charge on any atom is 0.325 e. The maximum atomic E-state index is 11.4. The van der Waals surface area contributed by atoms with Crippen molar-refractivity contribution in [1.29, 1.82) is 0 Å². The average molecular weight is 256 g/mol. The molecular formula is C12H14ClNO3. The van der Waals surface area contributed by atoms with Gasteiger partial charge in [0.1, 0.15) is 6.04 Å². The van der Waals surface area contributed by atoms with Gasteiger partial charge in [-0.05, 0) is 17.7 Å². The Morgan fingerprint density at radius 3 is 2.71 bits per heavy atom. The van der Waals surface area contributed by atoms with E-state index in [2.05, 4.69) is 0 Å². The molecule has 4 nitrogen and oxygen atoms in total. The Hall–Kier alpha value is -1.10. The molecule has 1 aliphatic rings. The van der Waals surface area contributed by atoms with E-state index in [0.717, 1.165) is 0 Å². The largest absolute Gasteiger partial charge is 0.480 e. The monoisotopic (exact) mass is 255 g/mol. The summed E-state index contributed by atoms with van der Waals surface area (Å²) in [6.07, 6.45) is 0. The molecule has 1 atom stereocenters. The molecule has 0 radical (unpaired) electrons. The maximum absolute atomic E-state index is 11.4. The van der Waals surface area contributed by atoms with Gasteiger partial charge in [-0.3, -0.25) is 9.69 Å². The average Bonchev–Trinajstić information content (AvgIpc) is 2.30. The van der Waals surface area contributed by atoms with E-state index in [1.165, 1.54) is 0 Å². The Labute approximate surface area is 105 Å². The molecular weight excluding hydrogens is 242 g/mol. The molecule has 0 bridgehead atoms. The summed E-state index contributed by atoms with van der Waals surface area (Å²) in [6.45, 7) is 2.40. The fourth-order valence-corrected chi connectivity index (χ4v) is 2.22. The fourth-order valence-electron chi connectivity index (χ4n) is 2.02. The topological polar surface area (TPSA) is 49.8 Å². The van der Waals surface area contributed by atoms with Crippen LogP contribution in [0.25, 0.3) is 0 Å². The van der Waals surface area contributed by atoms with Crippen LogP contribution in [0.5, 0.6) is 0 Å². The Bertz CT molecular complexity index is 404. The van der Waals surface area contributed by atoms with Gasteiger partial charge in [-0.2, -0.15) is 0 Å². The molecule has 1 fully saturated rings. The molecule has 2 rings (SSSR count). The normalized spacial score (nSPS) is 18.9. The van der Waals surface area contributed by atoms with E-state index in [4.69, 9.17) is 16.3 Å². The first-order valence-electron chi connectivity index (χ1n) is 5.48. The number of carboxylic acid groups (broad SMARTS) is 1. The van der Waals surface area contributed by atoms with E-state index in [1.54, 1.807) is 24.3 Å². The Balaban J connectivity index is 2.25. The number of benzene rings is 1. The minimum atomic E-state index is -0.853. The van der Waals surface area contributed by atoms with Crippen LogP contribution in [0.15, 0.2) is 24.3 Å². The van der Waals surface area contributed by atoms with Crippen molar-refractivity contribution in [3.63, 3.8) is 0 Å². The number of aliphatic carboxylic acids is 1. The quantitative estimate of drug-likeness (QED) is 0.895. The van der Waals surface area contributed by atoms with E-state index in [9.17, 15) is 9.90 Å². The molecule has 1 saturated heterocycles. The zero-order valence-corrected chi connectivity index (χ0v) is 10.1. The second-order valence-electron chi connectivity index (χ2n) is 3.94. The number of ether oxygens (including phenoxy) is 1. The van der Waals surface area contributed by atoms with Gasteiger partial charge in [-0.15, -0.1) is 0 Å². The minimum absolute atomic E-state index is 0.557. The Morgan fingerprint density at radius 2 is 2.12 bits per heavy atom. The van der Waals surface area contributed by atoms with E-state index < -0.39 is 12.0 Å². The highest BCUT2D eigenvalue weighted by molar-refractivity contribution is 6.30. The Morgan fingerprint density at radius 1 is 1.41 bits per heavy atom. The molecule has 1 aromatic carbocycles. The van der Waals surface area contributed by atoms with Crippen LogP contribution in [0.1, 0.15) is 11.6 Å². The number of carbonyl (C=O) groups is 1. The van der Waals surface area contributed by atoms with Crippen molar-refractivity contribution in [2.45, 2.75) is 6.04 Å². The van der Waals surface area contributed by atoms with E-state index in [1.807, 2.05) is 4.90 Å². The lowest BCUT2D eigenvalue weighted by Gasteiger charge is -2.32. The summed E-state index contributed by atoms with van der Waals surface area (Å²) in [7, 11) is 0. The van der Waals surface area contributed by atoms with Crippen molar-refractivity contribution in [3.8, 4) is 0 Å². The number of rotatable bonds is 3. The van der Waals surface area contributed by atoms with Crippen molar-refractivity contribution < 1.29 is 14.6 Å². The van der Waals surface area contributed by atoms with Crippen LogP contribution in [0.3, 0.4) is 0 Å². The summed E-state index contributed by atoms with van der Waals surface area (Å²) in [4.78, 5) is 13.3. The summed E-state index contributed by atoms with van der Waals surface area (Å²) >= 11 is 5.90. The van der Waals surface area contributed by atoms with Gasteiger partial charge in [0.25, 0.3) is 0 Å². The van der Waals surface area contributed by atoms with E-state index >= 15 is 0 Å². The minimum Gasteiger partial charge on any atom is -0.480 e. The number of carboxylic acids is 1. The lowest BCUT2D eigenvalue weighted by atomic mass is 10.1. The van der Waals surface area contributed by atoms with Crippen LogP contribution < -0.4 is 0 Å². The fraction of sp³-hybridized carbons (Fsp3) is 0.417. The molecule has 1 N–H and O–H groups in total. The molecule has 0 amide bonds.